The third-order valence-electron chi connectivity index (χ3n) is 8.10. The van der Waals surface area contributed by atoms with Gasteiger partial charge in [0, 0.05) is 43.4 Å². The smallest absolute Gasteiger partial charge is 0.171 e. The van der Waals surface area contributed by atoms with Crippen molar-refractivity contribution >= 4 is 45.0 Å². The molecule has 2 heterocycles. The average molecular weight is 618 g/mol. The second-order valence-corrected chi connectivity index (χ2v) is 13.7. The highest BCUT2D eigenvalue weighted by Gasteiger charge is 2.29. The Hall–Kier alpha value is -5.71. The zero-order chi connectivity index (χ0) is 31.1. The van der Waals surface area contributed by atoms with Crippen molar-refractivity contribution in [1.82, 2.24) is 15.0 Å². The van der Waals surface area contributed by atoms with Gasteiger partial charge in [-0.05, 0) is 42.5 Å². The molecule has 2 aromatic heterocycles. The lowest BCUT2D eigenvalue weighted by molar-refractivity contribution is 0.592. The van der Waals surface area contributed by atoms with Crippen LogP contribution in [0.3, 0.4) is 0 Å². The van der Waals surface area contributed by atoms with Crippen LogP contribution in [-0.4, -0.2) is 15.0 Å². The monoisotopic (exact) mass is 617 g/mol. The Balaban J connectivity index is 1.25. The maximum absolute atomic E-state index is 14.9. The Labute approximate surface area is 264 Å². The van der Waals surface area contributed by atoms with Gasteiger partial charge in [0.05, 0.1) is 0 Å². The molecule has 0 saturated carbocycles. The zero-order valence-corrected chi connectivity index (χ0v) is 25.3. The van der Waals surface area contributed by atoms with Crippen LogP contribution in [0.25, 0.3) is 56.1 Å². The molecule has 0 N–H and O–H groups in total. The summed E-state index contributed by atoms with van der Waals surface area (Å²) in [5.74, 6) is 0.961. The SMILES string of the molecule is O=P(c1ccccc1)(c1ccccc1)c1ccc(-c2nc(-c3ccc(F)cc3)nc(-c3ccc4c(c3)oc3ccccc34)n2)cc1. The van der Waals surface area contributed by atoms with E-state index in [1.54, 1.807) is 12.1 Å². The molecule has 0 radical (unpaired) electrons. The average Bonchev–Trinajstić information content (AvgIpc) is 3.50. The first-order valence-electron chi connectivity index (χ1n) is 14.8. The van der Waals surface area contributed by atoms with Crippen molar-refractivity contribution in [2.24, 2.45) is 0 Å². The fourth-order valence-electron chi connectivity index (χ4n) is 5.77. The lowest BCUT2D eigenvalue weighted by Gasteiger charge is -2.20. The molecular formula is C39H25FN3O2P. The van der Waals surface area contributed by atoms with Gasteiger partial charge < -0.3 is 8.98 Å². The summed E-state index contributed by atoms with van der Waals surface area (Å²) in [6, 6.07) is 46.6. The number of rotatable bonds is 6. The van der Waals surface area contributed by atoms with Crippen LogP contribution in [0.2, 0.25) is 0 Å². The third-order valence-corrected chi connectivity index (χ3v) is 11.2. The highest BCUT2D eigenvalue weighted by Crippen LogP contribution is 2.42. The lowest BCUT2D eigenvalue weighted by Crippen LogP contribution is -2.24. The molecule has 46 heavy (non-hydrogen) atoms. The van der Waals surface area contributed by atoms with E-state index in [0.717, 1.165) is 43.7 Å². The number of aromatic nitrogens is 3. The Bertz CT molecular complexity index is 2350. The summed E-state index contributed by atoms with van der Waals surface area (Å²) < 4.78 is 34.8. The van der Waals surface area contributed by atoms with Gasteiger partial charge in [-0.2, -0.15) is 0 Å². The van der Waals surface area contributed by atoms with Gasteiger partial charge in [-0.3, -0.25) is 0 Å². The minimum Gasteiger partial charge on any atom is -0.456 e. The van der Waals surface area contributed by atoms with Crippen LogP contribution in [-0.2, 0) is 4.57 Å². The molecule has 8 aromatic rings. The first-order chi connectivity index (χ1) is 22.6. The quantitative estimate of drug-likeness (QED) is 0.175. The summed E-state index contributed by atoms with van der Waals surface area (Å²) in [5, 5.41) is 4.27. The van der Waals surface area contributed by atoms with Gasteiger partial charge in [0.2, 0.25) is 0 Å². The van der Waals surface area contributed by atoms with Gasteiger partial charge >= 0.3 is 0 Å². The molecule has 0 atom stereocenters. The van der Waals surface area contributed by atoms with Crippen LogP contribution in [0.4, 0.5) is 4.39 Å². The molecule has 5 nitrogen and oxygen atoms in total. The van der Waals surface area contributed by atoms with Crippen LogP contribution in [0.1, 0.15) is 0 Å². The second kappa shape index (κ2) is 11.3. The molecule has 6 aromatic carbocycles. The van der Waals surface area contributed by atoms with E-state index in [0.29, 0.717) is 28.3 Å². The van der Waals surface area contributed by atoms with Gasteiger partial charge in [-0.1, -0.05) is 109 Å². The number of hydrogen-bond acceptors (Lipinski definition) is 5. The van der Waals surface area contributed by atoms with Crippen LogP contribution in [0, 0.1) is 5.82 Å². The van der Waals surface area contributed by atoms with Crippen LogP contribution in [0.5, 0.6) is 0 Å². The van der Waals surface area contributed by atoms with E-state index >= 15 is 0 Å². The number of benzene rings is 6. The molecule has 0 aliphatic heterocycles. The van der Waals surface area contributed by atoms with E-state index in [9.17, 15) is 8.96 Å². The predicted octanol–water partition coefficient (Wildman–Crippen LogP) is 8.55. The topological polar surface area (TPSA) is 68.9 Å². The van der Waals surface area contributed by atoms with Gasteiger partial charge in [0.25, 0.3) is 0 Å². The summed E-state index contributed by atoms with van der Waals surface area (Å²) in [5.41, 5.74) is 3.68. The van der Waals surface area contributed by atoms with Crippen LogP contribution >= 0.6 is 7.14 Å². The van der Waals surface area contributed by atoms with Gasteiger partial charge in [0.15, 0.2) is 24.6 Å². The normalized spacial score (nSPS) is 11.7. The zero-order valence-electron chi connectivity index (χ0n) is 24.4. The number of nitrogens with zero attached hydrogens (tertiary/aromatic N) is 3. The Morgan fingerprint density at radius 2 is 0.913 bits per heavy atom. The highest BCUT2D eigenvalue weighted by molar-refractivity contribution is 7.85. The van der Waals surface area contributed by atoms with E-state index in [1.807, 2.05) is 127 Å². The number of fused-ring (bicyclic) bond motifs is 3. The number of para-hydroxylation sites is 1. The first-order valence-corrected chi connectivity index (χ1v) is 16.5. The van der Waals surface area contributed by atoms with Crippen LogP contribution in [0.15, 0.2) is 156 Å². The van der Waals surface area contributed by atoms with Crippen molar-refractivity contribution in [3.05, 3.63) is 157 Å². The van der Waals surface area contributed by atoms with E-state index < -0.39 is 7.14 Å². The molecule has 0 spiro atoms. The van der Waals surface area contributed by atoms with Gasteiger partial charge in [-0.25, -0.2) is 19.3 Å². The largest absolute Gasteiger partial charge is 0.456 e. The standard InChI is InChI=1S/C39H25FN3O2P/c40-29-20-15-26(16-21-29)37-41-38(43-39(42-37)28-19-24-34-33-13-7-8-14-35(33)45-36(34)25-28)27-17-22-32(23-18-27)46(44,30-9-3-1-4-10-30)31-11-5-2-6-12-31/h1-25H. The highest BCUT2D eigenvalue weighted by atomic mass is 31.2. The number of halogens is 1. The van der Waals surface area contributed by atoms with E-state index in [2.05, 4.69) is 0 Å². The van der Waals surface area contributed by atoms with Crippen molar-refractivity contribution in [3.8, 4) is 34.2 Å². The fourth-order valence-corrected chi connectivity index (χ4v) is 8.42. The van der Waals surface area contributed by atoms with E-state index in [4.69, 9.17) is 19.4 Å². The van der Waals surface area contributed by atoms with Gasteiger partial charge in [0.1, 0.15) is 17.0 Å². The van der Waals surface area contributed by atoms with Crippen molar-refractivity contribution in [1.29, 1.82) is 0 Å². The van der Waals surface area contributed by atoms with Gasteiger partial charge in [-0.15, -0.1) is 0 Å². The van der Waals surface area contributed by atoms with E-state index in [1.165, 1.54) is 12.1 Å². The third kappa shape index (κ3) is 4.90. The van der Waals surface area contributed by atoms with Crippen molar-refractivity contribution < 1.29 is 13.4 Å². The summed E-state index contributed by atoms with van der Waals surface area (Å²) in [4.78, 5) is 14.5. The summed E-state index contributed by atoms with van der Waals surface area (Å²) in [6.45, 7) is 0. The first kappa shape index (κ1) is 27.8. The molecule has 8 rings (SSSR count). The maximum Gasteiger partial charge on any atom is 0.171 e. The Kier molecular flexibility index (Phi) is 6.85. The molecule has 0 aliphatic rings. The molecule has 0 saturated heterocycles. The second-order valence-electron chi connectivity index (χ2n) is 10.9. The number of hydrogen-bond donors (Lipinski definition) is 0. The van der Waals surface area contributed by atoms with Crippen LogP contribution < -0.4 is 15.9 Å². The summed E-state index contributed by atoms with van der Waals surface area (Å²) in [7, 11) is -3.14. The minimum absolute atomic E-state index is 0.342. The molecule has 7 heteroatoms. The van der Waals surface area contributed by atoms with Crippen molar-refractivity contribution in [3.63, 3.8) is 0 Å². The molecule has 0 amide bonds. The Morgan fingerprint density at radius 1 is 0.457 bits per heavy atom. The Morgan fingerprint density at radius 3 is 1.52 bits per heavy atom. The predicted molar refractivity (Wildman–Crippen MR) is 183 cm³/mol. The van der Waals surface area contributed by atoms with Crippen molar-refractivity contribution in [2.45, 2.75) is 0 Å². The summed E-state index contributed by atoms with van der Waals surface area (Å²) >= 11 is 0. The molecule has 0 unspecified atom stereocenters. The number of furan rings is 1. The summed E-state index contributed by atoms with van der Waals surface area (Å²) in [6.07, 6.45) is 0. The molecule has 0 aliphatic carbocycles. The maximum atomic E-state index is 14.9. The molecular weight excluding hydrogens is 592 g/mol. The van der Waals surface area contributed by atoms with E-state index in [-0.39, 0.29) is 5.82 Å². The lowest BCUT2D eigenvalue weighted by atomic mass is 10.1. The minimum atomic E-state index is -3.14. The fraction of sp³-hybridized carbons (Fsp3) is 0. The molecule has 0 bridgehead atoms. The molecule has 220 valence electrons. The van der Waals surface area contributed by atoms with Crippen molar-refractivity contribution in [2.75, 3.05) is 0 Å². The molecule has 0 fully saturated rings.